The molecule has 0 aromatic carbocycles. The minimum atomic E-state index is -4.24. The summed E-state index contributed by atoms with van der Waals surface area (Å²) in [5.74, 6) is -0.791. The zero-order valence-corrected chi connectivity index (χ0v) is 12.7. The molecular weight excluding hydrogens is 322 g/mol. The van der Waals surface area contributed by atoms with Gasteiger partial charge in [0, 0.05) is 16.7 Å². The average molecular weight is 334 g/mol. The van der Waals surface area contributed by atoms with Crippen LogP contribution in [0.15, 0.2) is 23.6 Å². The molecule has 114 valence electrons. The first kappa shape index (κ1) is 15.4. The van der Waals surface area contributed by atoms with Gasteiger partial charge in [-0.25, -0.2) is 13.4 Å². The molecule has 0 aliphatic heterocycles. The van der Waals surface area contributed by atoms with E-state index in [1.54, 1.807) is 12.5 Å². The second-order valence-corrected chi connectivity index (χ2v) is 7.13. The predicted octanol–water partition coefficient (Wildman–Crippen LogP) is 1.54. The van der Waals surface area contributed by atoms with Crippen molar-refractivity contribution in [2.45, 2.75) is 31.3 Å². The summed E-state index contributed by atoms with van der Waals surface area (Å²) in [7, 11) is 0.943. The molecule has 0 bridgehead atoms. The van der Waals surface area contributed by atoms with Gasteiger partial charge in [0.15, 0.2) is 0 Å². The van der Waals surface area contributed by atoms with Gasteiger partial charge >= 0.3 is 5.82 Å². The van der Waals surface area contributed by atoms with Crippen molar-refractivity contribution in [1.29, 1.82) is 0 Å². The van der Waals surface area contributed by atoms with E-state index in [0.29, 0.717) is 0 Å². The quantitative estimate of drug-likeness (QED) is 0.466. The molecule has 0 aliphatic carbocycles. The fourth-order valence-corrected chi connectivity index (χ4v) is 2.77. The second kappa shape index (κ2) is 5.45. The molecule has 21 heavy (non-hydrogen) atoms. The third kappa shape index (κ3) is 3.22. The van der Waals surface area contributed by atoms with Crippen LogP contribution in [0.4, 0.5) is 5.82 Å². The molecule has 0 amide bonds. The van der Waals surface area contributed by atoms with E-state index in [2.05, 4.69) is 10.1 Å². The molecule has 0 radical (unpaired) electrons. The van der Waals surface area contributed by atoms with Gasteiger partial charge < -0.3 is 14.7 Å². The third-order valence-corrected chi connectivity index (χ3v) is 4.08. The summed E-state index contributed by atoms with van der Waals surface area (Å²) in [4.78, 5) is 13.3. The zero-order chi connectivity index (χ0) is 15.8. The monoisotopic (exact) mass is 333 g/mol. The van der Waals surface area contributed by atoms with Crippen LogP contribution in [0.3, 0.4) is 0 Å². The molecule has 2 aromatic rings. The van der Waals surface area contributed by atoms with Gasteiger partial charge in [0.1, 0.15) is 6.54 Å². The van der Waals surface area contributed by atoms with Crippen LogP contribution < -0.4 is 0 Å². The smallest absolute Gasteiger partial charge is 0.358 e. The number of hydrogen-bond donors (Lipinski definition) is 0. The average Bonchev–Trinajstić information content (AvgIpc) is 2.94. The van der Waals surface area contributed by atoms with Crippen molar-refractivity contribution in [3.63, 3.8) is 0 Å². The summed E-state index contributed by atoms with van der Waals surface area (Å²) in [6.45, 7) is 4.04. The largest absolute Gasteiger partial charge is 0.410 e. The molecule has 2 heterocycles. The van der Waals surface area contributed by atoms with Crippen LogP contribution >= 0.6 is 10.7 Å². The minimum absolute atomic E-state index is 0.143. The van der Waals surface area contributed by atoms with Crippen LogP contribution in [-0.2, 0) is 15.6 Å². The number of imidazole rings is 1. The number of rotatable bonds is 5. The fraction of sp³-hybridized carbons (Fsp3) is 0.400. The van der Waals surface area contributed by atoms with Crippen molar-refractivity contribution < 1.29 is 13.3 Å². The molecule has 2 rings (SSSR count). The van der Waals surface area contributed by atoms with E-state index in [4.69, 9.17) is 10.7 Å². The number of halogens is 1. The third-order valence-electron chi connectivity index (χ3n) is 2.77. The lowest BCUT2D eigenvalue weighted by Gasteiger charge is -2.10. The van der Waals surface area contributed by atoms with Crippen LogP contribution in [0.5, 0.6) is 0 Å². The molecule has 0 atom stereocenters. The van der Waals surface area contributed by atoms with E-state index in [-0.39, 0.29) is 12.6 Å². The Morgan fingerprint density at radius 3 is 2.62 bits per heavy atom. The minimum Gasteiger partial charge on any atom is -0.358 e. The maximum Gasteiger partial charge on any atom is 0.410 e. The van der Waals surface area contributed by atoms with E-state index in [9.17, 15) is 18.5 Å². The molecule has 11 heteroatoms. The maximum absolute atomic E-state index is 11.3. The Morgan fingerprint density at radius 2 is 2.14 bits per heavy atom. The molecule has 0 N–H and O–H groups in total. The van der Waals surface area contributed by atoms with E-state index in [1.807, 2.05) is 18.4 Å². The van der Waals surface area contributed by atoms with E-state index in [0.717, 1.165) is 16.6 Å². The first-order valence-corrected chi connectivity index (χ1v) is 8.18. The number of aromatic nitrogens is 4. The highest BCUT2D eigenvalue weighted by molar-refractivity contribution is 8.13. The van der Waals surface area contributed by atoms with Crippen molar-refractivity contribution in [3.05, 3.63) is 34.5 Å². The zero-order valence-electron chi connectivity index (χ0n) is 11.2. The van der Waals surface area contributed by atoms with Crippen LogP contribution in [0, 0.1) is 10.1 Å². The summed E-state index contributed by atoms with van der Waals surface area (Å²) in [6, 6.07) is 0.143. The maximum atomic E-state index is 11.3. The number of nitro groups is 1. The van der Waals surface area contributed by atoms with Crippen LogP contribution in [0.2, 0.25) is 0 Å². The molecular formula is C10H12ClN5O4S. The lowest BCUT2D eigenvalue weighted by molar-refractivity contribution is -0.392. The molecule has 0 saturated heterocycles. The van der Waals surface area contributed by atoms with Gasteiger partial charge in [-0.05, 0) is 18.8 Å². The molecule has 0 aliphatic rings. The second-order valence-electron chi connectivity index (χ2n) is 4.60. The van der Waals surface area contributed by atoms with Crippen molar-refractivity contribution in [3.8, 4) is 0 Å². The van der Waals surface area contributed by atoms with Gasteiger partial charge in [0.25, 0.3) is 9.05 Å². The first-order chi connectivity index (χ1) is 9.70. The normalized spacial score (nSPS) is 12.0. The summed E-state index contributed by atoms with van der Waals surface area (Å²) >= 11 is 0. The van der Waals surface area contributed by atoms with Gasteiger partial charge in [-0.3, -0.25) is 0 Å². The Bertz CT molecular complexity index is 779. The van der Waals surface area contributed by atoms with E-state index < -0.39 is 24.7 Å². The van der Waals surface area contributed by atoms with Crippen LogP contribution in [0.1, 0.15) is 25.6 Å². The molecule has 0 unspecified atom stereocenters. The van der Waals surface area contributed by atoms with Gasteiger partial charge in [0.05, 0.1) is 29.5 Å². The Hall–Kier alpha value is -1.94. The molecule has 0 saturated carbocycles. The van der Waals surface area contributed by atoms with Gasteiger partial charge in [-0.1, -0.05) is 0 Å². The lowest BCUT2D eigenvalue weighted by atomic mass is 10.3. The standard InChI is InChI=1S/C10H12ClN5O4S/c1-7(2)15-6-12-3-8(15)4-14-5-9(21(11,19)20)10(13-14)16(17)18/h3,5-7H,4H2,1-2H3. The van der Waals surface area contributed by atoms with Crippen molar-refractivity contribution in [2.75, 3.05) is 0 Å². The SMILES string of the molecule is CC(C)n1cncc1Cn1cc(S(=O)(=O)Cl)c([N+](=O)[O-])n1. The molecule has 0 spiro atoms. The highest BCUT2D eigenvalue weighted by Gasteiger charge is 2.30. The highest BCUT2D eigenvalue weighted by Crippen LogP contribution is 2.25. The summed E-state index contributed by atoms with van der Waals surface area (Å²) in [5, 5.41) is 14.5. The number of hydrogen-bond acceptors (Lipinski definition) is 6. The molecule has 9 nitrogen and oxygen atoms in total. The van der Waals surface area contributed by atoms with Crippen LogP contribution in [0.25, 0.3) is 0 Å². The van der Waals surface area contributed by atoms with Crippen molar-refractivity contribution in [1.82, 2.24) is 19.3 Å². The summed E-state index contributed by atoms with van der Waals surface area (Å²) < 4.78 is 25.7. The van der Waals surface area contributed by atoms with Gasteiger partial charge in [0.2, 0.25) is 4.90 Å². The lowest BCUT2D eigenvalue weighted by Crippen LogP contribution is -2.09. The Morgan fingerprint density at radius 1 is 1.48 bits per heavy atom. The first-order valence-electron chi connectivity index (χ1n) is 5.87. The van der Waals surface area contributed by atoms with Crippen molar-refractivity contribution in [2.24, 2.45) is 0 Å². The summed E-state index contributed by atoms with van der Waals surface area (Å²) in [6.07, 6.45) is 4.25. The Balaban J connectivity index is 2.42. The highest BCUT2D eigenvalue weighted by atomic mass is 35.7. The fourth-order valence-electron chi connectivity index (χ4n) is 1.86. The van der Waals surface area contributed by atoms with Gasteiger partial charge in [-0.2, -0.15) is 4.68 Å². The topological polar surface area (TPSA) is 113 Å². The molecule has 2 aromatic heterocycles. The van der Waals surface area contributed by atoms with Crippen molar-refractivity contribution >= 4 is 25.6 Å². The Labute approximate surface area is 124 Å². The van der Waals surface area contributed by atoms with E-state index in [1.165, 1.54) is 0 Å². The van der Waals surface area contributed by atoms with Crippen LogP contribution in [-0.4, -0.2) is 32.7 Å². The predicted molar refractivity (Wildman–Crippen MR) is 73.6 cm³/mol. The summed E-state index contributed by atoms with van der Waals surface area (Å²) in [5.41, 5.74) is 0.737. The molecule has 0 fully saturated rings. The number of nitrogens with zero attached hydrogens (tertiary/aromatic N) is 5. The Kier molecular flexibility index (Phi) is 4.01. The van der Waals surface area contributed by atoms with E-state index >= 15 is 0 Å². The van der Waals surface area contributed by atoms with Gasteiger partial charge in [-0.15, -0.1) is 0 Å².